The highest BCUT2D eigenvalue weighted by atomic mass is 32.1. The minimum atomic E-state index is -0.292. The van der Waals surface area contributed by atoms with Crippen LogP contribution in [0.1, 0.15) is 45.7 Å². The number of unbranched alkanes of at least 4 members (excludes halogenated alkanes) is 1. The van der Waals surface area contributed by atoms with Crippen molar-refractivity contribution in [1.82, 2.24) is 9.88 Å². The van der Waals surface area contributed by atoms with Crippen molar-refractivity contribution < 1.29 is 14.3 Å². The maximum Gasteiger partial charge on any atom is 0.410 e. The Balaban J connectivity index is 1.66. The third kappa shape index (κ3) is 4.40. The van der Waals surface area contributed by atoms with Gasteiger partial charge in [0.1, 0.15) is 11.5 Å². The molecule has 2 heterocycles. The second-order valence-electron chi connectivity index (χ2n) is 6.32. The highest BCUT2D eigenvalue weighted by Crippen LogP contribution is 2.22. The molecule has 2 amide bonds. The first-order valence-corrected chi connectivity index (χ1v) is 9.66. The molecule has 1 aliphatic rings. The van der Waals surface area contributed by atoms with Gasteiger partial charge >= 0.3 is 6.09 Å². The molecule has 0 saturated carbocycles. The number of aromatic nitrogens is 1. The molecule has 138 valence electrons. The van der Waals surface area contributed by atoms with Crippen molar-refractivity contribution in [1.29, 1.82) is 0 Å². The molecule has 1 N–H and O–H groups in total. The summed E-state index contributed by atoms with van der Waals surface area (Å²) < 4.78 is 4.95. The van der Waals surface area contributed by atoms with Gasteiger partial charge < -0.3 is 15.0 Å². The average molecular weight is 373 g/mol. The van der Waals surface area contributed by atoms with E-state index in [1.807, 2.05) is 31.2 Å². The van der Waals surface area contributed by atoms with Gasteiger partial charge in [-0.1, -0.05) is 25.5 Å². The van der Waals surface area contributed by atoms with Crippen LogP contribution < -0.4 is 5.32 Å². The number of benzene rings is 1. The lowest BCUT2D eigenvalue weighted by Crippen LogP contribution is -2.23. The molecule has 1 aliphatic heterocycles. The van der Waals surface area contributed by atoms with E-state index in [4.69, 9.17) is 4.74 Å². The Kier molecular flexibility index (Phi) is 5.88. The summed E-state index contributed by atoms with van der Waals surface area (Å²) in [7, 11) is 0. The second-order valence-corrected chi connectivity index (χ2v) is 7.40. The minimum absolute atomic E-state index is 0.138. The van der Waals surface area contributed by atoms with Crippen LogP contribution in [-0.2, 0) is 17.7 Å². The van der Waals surface area contributed by atoms with E-state index < -0.39 is 0 Å². The number of carbonyl (C=O) groups is 2. The van der Waals surface area contributed by atoms with Gasteiger partial charge in [0, 0.05) is 12.2 Å². The van der Waals surface area contributed by atoms with Crippen LogP contribution in [0.4, 0.5) is 10.5 Å². The fourth-order valence-electron chi connectivity index (χ4n) is 2.82. The van der Waals surface area contributed by atoms with E-state index in [0.29, 0.717) is 30.3 Å². The quantitative estimate of drug-likeness (QED) is 0.796. The van der Waals surface area contributed by atoms with Crippen molar-refractivity contribution >= 4 is 29.0 Å². The number of hydrogen-bond acceptors (Lipinski definition) is 5. The van der Waals surface area contributed by atoms with Gasteiger partial charge in [0.15, 0.2) is 0 Å². The van der Waals surface area contributed by atoms with Gasteiger partial charge in [-0.3, -0.25) is 4.79 Å². The van der Waals surface area contributed by atoms with E-state index in [9.17, 15) is 9.59 Å². The van der Waals surface area contributed by atoms with E-state index in [1.54, 1.807) is 4.90 Å². The molecule has 0 radical (unpaired) electrons. The molecule has 7 heteroatoms. The van der Waals surface area contributed by atoms with Crippen LogP contribution in [0, 0.1) is 6.92 Å². The number of cyclic esters (lactones) is 1. The molecule has 1 fully saturated rings. The summed E-state index contributed by atoms with van der Waals surface area (Å²) in [5.41, 5.74) is 2.43. The van der Waals surface area contributed by atoms with E-state index in [-0.39, 0.29) is 12.0 Å². The van der Waals surface area contributed by atoms with Gasteiger partial charge in [0.2, 0.25) is 0 Å². The number of carbonyl (C=O) groups excluding carboxylic acids is 2. The number of anilines is 1. The Hall–Kier alpha value is -2.41. The highest BCUT2D eigenvalue weighted by molar-refractivity contribution is 7.13. The molecule has 0 atom stereocenters. The molecule has 0 bridgehead atoms. The number of ether oxygens (including phenoxy) is 1. The smallest absolute Gasteiger partial charge is 0.410 e. The molecule has 0 unspecified atom stereocenters. The lowest BCUT2D eigenvalue weighted by Gasteiger charge is -2.13. The molecule has 0 spiro atoms. The third-order valence-electron chi connectivity index (χ3n) is 4.19. The molecule has 1 aromatic heterocycles. The standard InChI is InChI=1S/C19H23N3O3S/c1-3-4-8-16-20-13(2)17(26-16)18(23)21-15-7-5-6-14(11-15)12-22-9-10-25-19(22)24/h5-7,11H,3-4,8-10,12H2,1-2H3,(H,21,23). The summed E-state index contributed by atoms with van der Waals surface area (Å²) in [5.74, 6) is -0.138. The fraction of sp³-hybridized carbons (Fsp3) is 0.421. The molecule has 6 nitrogen and oxygen atoms in total. The number of nitrogens with zero attached hydrogens (tertiary/aromatic N) is 2. The first kappa shape index (κ1) is 18.4. The van der Waals surface area contributed by atoms with Gasteiger partial charge in [-0.2, -0.15) is 0 Å². The van der Waals surface area contributed by atoms with Crippen LogP contribution in [-0.4, -0.2) is 35.0 Å². The van der Waals surface area contributed by atoms with E-state index in [2.05, 4.69) is 17.2 Å². The van der Waals surface area contributed by atoms with Gasteiger partial charge in [-0.05, 0) is 37.5 Å². The Labute approximate surface area is 157 Å². The number of rotatable bonds is 7. The Morgan fingerprint density at radius 2 is 2.27 bits per heavy atom. The van der Waals surface area contributed by atoms with Crippen molar-refractivity contribution in [3.8, 4) is 0 Å². The second kappa shape index (κ2) is 8.31. The van der Waals surface area contributed by atoms with Crippen molar-refractivity contribution in [2.75, 3.05) is 18.5 Å². The summed E-state index contributed by atoms with van der Waals surface area (Å²) >= 11 is 1.46. The summed E-state index contributed by atoms with van der Waals surface area (Å²) in [6.07, 6.45) is 2.81. The monoisotopic (exact) mass is 373 g/mol. The Morgan fingerprint density at radius 3 is 3.00 bits per heavy atom. The number of nitrogens with one attached hydrogen (secondary N) is 1. The topological polar surface area (TPSA) is 71.5 Å². The summed E-state index contributed by atoms with van der Waals surface area (Å²) in [4.78, 5) is 31.0. The maximum atomic E-state index is 12.6. The zero-order valence-corrected chi connectivity index (χ0v) is 15.9. The van der Waals surface area contributed by atoms with Crippen LogP contribution >= 0.6 is 11.3 Å². The zero-order valence-electron chi connectivity index (χ0n) is 15.1. The van der Waals surface area contributed by atoms with Crippen LogP contribution in [0.3, 0.4) is 0 Å². The van der Waals surface area contributed by atoms with Crippen molar-refractivity contribution in [3.05, 3.63) is 45.4 Å². The molecule has 0 aliphatic carbocycles. The number of hydrogen-bond donors (Lipinski definition) is 1. The van der Waals surface area contributed by atoms with Crippen LogP contribution in [0.15, 0.2) is 24.3 Å². The number of thiazole rings is 1. The Morgan fingerprint density at radius 1 is 1.42 bits per heavy atom. The van der Waals surface area contributed by atoms with Crippen molar-refractivity contribution in [2.45, 2.75) is 39.7 Å². The molecular weight excluding hydrogens is 350 g/mol. The number of aryl methyl sites for hydroxylation is 2. The molecular formula is C19H23N3O3S. The molecule has 1 aromatic carbocycles. The molecule has 1 saturated heterocycles. The average Bonchev–Trinajstić information content (AvgIpc) is 3.19. The zero-order chi connectivity index (χ0) is 18.5. The fourth-order valence-corrected chi connectivity index (χ4v) is 3.82. The molecule has 26 heavy (non-hydrogen) atoms. The van der Waals surface area contributed by atoms with Crippen LogP contribution in [0.2, 0.25) is 0 Å². The maximum absolute atomic E-state index is 12.6. The van der Waals surface area contributed by atoms with Gasteiger partial charge in [0.05, 0.1) is 17.2 Å². The summed E-state index contributed by atoms with van der Waals surface area (Å²) in [6, 6.07) is 7.54. The normalized spacial score (nSPS) is 13.8. The molecule has 2 aromatic rings. The molecule has 3 rings (SSSR count). The largest absolute Gasteiger partial charge is 0.448 e. The Bertz CT molecular complexity index is 803. The van der Waals surface area contributed by atoms with Crippen molar-refractivity contribution in [3.63, 3.8) is 0 Å². The predicted molar refractivity (Wildman–Crippen MR) is 102 cm³/mol. The third-order valence-corrected chi connectivity index (χ3v) is 5.41. The first-order chi connectivity index (χ1) is 12.6. The van der Waals surface area contributed by atoms with E-state index in [0.717, 1.165) is 35.5 Å². The lowest BCUT2D eigenvalue weighted by atomic mass is 10.2. The SMILES string of the molecule is CCCCc1nc(C)c(C(=O)Nc2cccc(CN3CCOC3=O)c2)s1. The number of amides is 2. The highest BCUT2D eigenvalue weighted by Gasteiger charge is 2.22. The summed E-state index contributed by atoms with van der Waals surface area (Å²) in [5, 5.41) is 3.95. The van der Waals surface area contributed by atoms with Gasteiger partial charge in [-0.25, -0.2) is 9.78 Å². The van der Waals surface area contributed by atoms with Crippen molar-refractivity contribution in [2.24, 2.45) is 0 Å². The van der Waals surface area contributed by atoms with E-state index in [1.165, 1.54) is 11.3 Å². The van der Waals surface area contributed by atoms with Gasteiger partial charge in [-0.15, -0.1) is 11.3 Å². The van der Waals surface area contributed by atoms with Crippen LogP contribution in [0.25, 0.3) is 0 Å². The first-order valence-electron chi connectivity index (χ1n) is 8.85. The van der Waals surface area contributed by atoms with Crippen LogP contribution in [0.5, 0.6) is 0 Å². The lowest BCUT2D eigenvalue weighted by molar-refractivity contribution is 0.102. The van der Waals surface area contributed by atoms with E-state index >= 15 is 0 Å². The van der Waals surface area contributed by atoms with Gasteiger partial charge in [0.25, 0.3) is 5.91 Å². The summed E-state index contributed by atoms with van der Waals surface area (Å²) in [6.45, 7) is 5.51. The minimum Gasteiger partial charge on any atom is -0.448 e. The predicted octanol–water partition coefficient (Wildman–Crippen LogP) is 4.00.